The number of aromatic hydroxyl groups is 1. The average molecular weight is 256 g/mol. The first-order valence-corrected chi connectivity index (χ1v) is 6.10. The highest BCUT2D eigenvalue weighted by Gasteiger charge is 2.23. The summed E-state index contributed by atoms with van der Waals surface area (Å²) in [6.45, 7) is 0. The average Bonchev–Trinajstić information content (AvgIpc) is 2.89. The van der Waals surface area contributed by atoms with Gasteiger partial charge in [-0.1, -0.05) is 30.3 Å². The van der Waals surface area contributed by atoms with Crippen LogP contribution >= 0.6 is 0 Å². The van der Waals surface area contributed by atoms with Gasteiger partial charge in [0.1, 0.15) is 11.6 Å². The molecule has 2 aromatic rings. The van der Waals surface area contributed by atoms with Crippen LogP contribution in [0.25, 0.3) is 0 Å². The standard InChI is InChI=1S/C15H13FN2O/c16-11-7-5-10(6-8-11)13-9-14(18-17-13)12-3-1-2-4-15(12)19/h1-8,14,18-19H,9H2. The minimum absolute atomic E-state index is 0.0405. The second-order valence-corrected chi connectivity index (χ2v) is 4.51. The van der Waals surface area contributed by atoms with E-state index in [-0.39, 0.29) is 17.6 Å². The number of halogens is 1. The molecule has 4 heteroatoms. The van der Waals surface area contributed by atoms with Crippen LogP contribution in [-0.2, 0) is 0 Å². The van der Waals surface area contributed by atoms with Gasteiger partial charge in [-0.3, -0.25) is 0 Å². The molecule has 0 aliphatic carbocycles. The molecule has 1 heterocycles. The van der Waals surface area contributed by atoms with Gasteiger partial charge in [-0.25, -0.2) is 4.39 Å². The van der Waals surface area contributed by atoms with Crippen molar-refractivity contribution < 1.29 is 9.50 Å². The van der Waals surface area contributed by atoms with Gasteiger partial charge in [0.25, 0.3) is 0 Å². The zero-order chi connectivity index (χ0) is 13.2. The van der Waals surface area contributed by atoms with E-state index in [9.17, 15) is 9.50 Å². The van der Waals surface area contributed by atoms with Gasteiger partial charge >= 0.3 is 0 Å². The van der Waals surface area contributed by atoms with Crippen LogP contribution in [0.15, 0.2) is 53.6 Å². The van der Waals surface area contributed by atoms with Gasteiger partial charge in [-0.05, 0) is 23.8 Å². The molecule has 1 aliphatic heterocycles. The molecule has 0 bridgehead atoms. The van der Waals surface area contributed by atoms with E-state index in [1.165, 1.54) is 12.1 Å². The molecule has 3 rings (SSSR count). The minimum Gasteiger partial charge on any atom is -0.508 e. The van der Waals surface area contributed by atoms with Gasteiger partial charge in [0.2, 0.25) is 0 Å². The fourth-order valence-corrected chi connectivity index (χ4v) is 2.23. The molecule has 3 nitrogen and oxygen atoms in total. The van der Waals surface area contributed by atoms with Crippen molar-refractivity contribution in [1.29, 1.82) is 0 Å². The van der Waals surface area contributed by atoms with Gasteiger partial charge in [-0.2, -0.15) is 5.10 Å². The highest BCUT2D eigenvalue weighted by atomic mass is 19.1. The van der Waals surface area contributed by atoms with Crippen molar-refractivity contribution in [3.63, 3.8) is 0 Å². The molecule has 0 saturated heterocycles. The van der Waals surface area contributed by atoms with Crippen molar-refractivity contribution in [3.8, 4) is 5.75 Å². The van der Waals surface area contributed by atoms with E-state index in [2.05, 4.69) is 10.5 Å². The topological polar surface area (TPSA) is 44.6 Å². The maximum atomic E-state index is 12.9. The summed E-state index contributed by atoms with van der Waals surface area (Å²) in [6.07, 6.45) is 0.670. The first-order valence-electron chi connectivity index (χ1n) is 6.10. The smallest absolute Gasteiger partial charge is 0.123 e. The molecule has 2 aromatic carbocycles. The summed E-state index contributed by atoms with van der Waals surface area (Å²) in [7, 11) is 0. The van der Waals surface area contributed by atoms with Crippen molar-refractivity contribution in [2.45, 2.75) is 12.5 Å². The molecule has 1 unspecified atom stereocenters. The third-order valence-corrected chi connectivity index (χ3v) is 3.24. The number of rotatable bonds is 2. The van der Waals surface area contributed by atoms with E-state index in [1.54, 1.807) is 24.3 Å². The van der Waals surface area contributed by atoms with Crippen LogP contribution in [0.5, 0.6) is 5.75 Å². The molecule has 96 valence electrons. The van der Waals surface area contributed by atoms with Gasteiger partial charge in [0.05, 0.1) is 11.8 Å². The van der Waals surface area contributed by atoms with Crippen LogP contribution < -0.4 is 5.43 Å². The number of hydrogen-bond donors (Lipinski definition) is 2. The Hall–Kier alpha value is -2.36. The molecule has 0 spiro atoms. The van der Waals surface area contributed by atoms with Crippen molar-refractivity contribution in [1.82, 2.24) is 5.43 Å². The first kappa shape index (κ1) is 11.7. The molecule has 0 aromatic heterocycles. The summed E-state index contributed by atoms with van der Waals surface area (Å²) in [5, 5.41) is 14.1. The predicted molar refractivity (Wildman–Crippen MR) is 71.5 cm³/mol. The SMILES string of the molecule is Oc1ccccc1C1CC(c2ccc(F)cc2)=NN1. The maximum Gasteiger partial charge on any atom is 0.123 e. The Morgan fingerprint density at radius 1 is 1.11 bits per heavy atom. The van der Waals surface area contributed by atoms with E-state index in [4.69, 9.17) is 0 Å². The van der Waals surface area contributed by atoms with Crippen molar-refractivity contribution in [2.24, 2.45) is 5.10 Å². The van der Waals surface area contributed by atoms with Gasteiger partial charge in [0, 0.05) is 12.0 Å². The Morgan fingerprint density at radius 3 is 2.58 bits per heavy atom. The number of nitrogens with one attached hydrogen (secondary N) is 1. The number of nitrogens with zero attached hydrogens (tertiary/aromatic N) is 1. The second-order valence-electron chi connectivity index (χ2n) is 4.51. The second kappa shape index (κ2) is 4.72. The number of para-hydroxylation sites is 1. The highest BCUT2D eigenvalue weighted by molar-refractivity contribution is 6.01. The molecular formula is C15H13FN2O. The highest BCUT2D eigenvalue weighted by Crippen LogP contribution is 2.30. The zero-order valence-electron chi connectivity index (χ0n) is 10.2. The Labute approximate surface area is 110 Å². The van der Waals surface area contributed by atoms with E-state index in [0.29, 0.717) is 6.42 Å². The summed E-state index contributed by atoms with van der Waals surface area (Å²) >= 11 is 0. The van der Waals surface area contributed by atoms with Crippen LogP contribution in [-0.4, -0.2) is 10.8 Å². The maximum absolute atomic E-state index is 12.9. The van der Waals surface area contributed by atoms with Crippen LogP contribution in [0.4, 0.5) is 4.39 Å². The van der Waals surface area contributed by atoms with Crippen LogP contribution in [0, 0.1) is 5.82 Å². The minimum atomic E-state index is -0.257. The normalized spacial score (nSPS) is 17.9. The molecule has 1 aliphatic rings. The quantitative estimate of drug-likeness (QED) is 0.867. The number of hydrogen-bond acceptors (Lipinski definition) is 3. The summed E-state index contributed by atoms with van der Waals surface area (Å²) in [5.41, 5.74) is 5.60. The lowest BCUT2D eigenvalue weighted by Crippen LogP contribution is -2.10. The molecular weight excluding hydrogens is 243 g/mol. The summed E-state index contributed by atoms with van der Waals surface area (Å²) < 4.78 is 12.9. The number of phenolic OH excluding ortho intramolecular Hbond substituents is 1. The largest absolute Gasteiger partial charge is 0.508 e. The summed E-state index contributed by atoms with van der Waals surface area (Å²) in [4.78, 5) is 0. The Balaban J connectivity index is 1.80. The number of hydrazone groups is 1. The van der Waals surface area contributed by atoms with E-state index >= 15 is 0 Å². The van der Waals surface area contributed by atoms with E-state index in [1.807, 2.05) is 12.1 Å². The summed E-state index contributed by atoms with van der Waals surface area (Å²) in [6, 6.07) is 13.4. The Kier molecular flexibility index (Phi) is 2.91. The molecule has 0 saturated carbocycles. The van der Waals surface area contributed by atoms with Crippen molar-refractivity contribution >= 4 is 5.71 Å². The fourth-order valence-electron chi connectivity index (χ4n) is 2.23. The van der Waals surface area contributed by atoms with Crippen LogP contribution in [0.1, 0.15) is 23.6 Å². The van der Waals surface area contributed by atoms with Gasteiger partial charge in [-0.15, -0.1) is 0 Å². The molecule has 0 radical (unpaired) electrons. The summed E-state index contributed by atoms with van der Waals surface area (Å²) in [5.74, 6) is 0.00289. The molecule has 19 heavy (non-hydrogen) atoms. The Morgan fingerprint density at radius 2 is 1.84 bits per heavy atom. The lowest BCUT2D eigenvalue weighted by molar-refractivity contribution is 0.455. The van der Waals surface area contributed by atoms with Crippen molar-refractivity contribution in [3.05, 3.63) is 65.5 Å². The van der Waals surface area contributed by atoms with E-state index in [0.717, 1.165) is 16.8 Å². The van der Waals surface area contributed by atoms with Gasteiger partial charge in [0.15, 0.2) is 0 Å². The Bertz CT molecular complexity index is 622. The number of phenols is 1. The third kappa shape index (κ3) is 2.29. The molecule has 0 amide bonds. The lowest BCUT2D eigenvalue weighted by Gasteiger charge is -2.11. The van der Waals surface area contributed by atoms with Gasteiger partial charge < -0.3 is 10.5 Å². The van der Waals surface area contributed by atoms with E-state index < -0.39 is 0 Å². The predicted octanol–water partition coefficient (Wildman–Crippen LogP) is 2.97. The zero-order valence-corrected chi connectivity index (χ0v) is 10.2. The van der Waals surface area contributed by atoms with Crippen LogP contribution in [0.3, 0.4) is 0 Å². The van der Waals surface area contributed by atoms with Crippen LogP contribution in [0.2, 0.25) is 0 Å². The lowest BCUT2D eigenvalue weighted by atomic mass is 9.98. The van der Waals surface area contributed by atoms with Crippen molar-refractivity contribution in [2.75, 3.05) is 0 Å². The first-order chi connectivity index (χ1) is 9.24. The molecule has 2 N–H and O–H groups in total. The molecule has 0 fully saturated rings. The fraction of sp³-hybridized carbons (Fsp3) is 0.133. The monoisotopic (exact) mass is 256 g/mol. The number of benzene rings is 2. The molecule has 1 atom stereocenters. The third-order valence-electron chi connectivity index (χ3n) is 3.24.